The van der Waals surface area contributed by atoms with Gasteiger partial charge in [-0.25, -0.2) is 9.97 Å². The van der Waals surface area contributed by atoms with E-state index in [-0.39, 0.29) is 23.9 Å². The van der Waals surface area contributed by atoms with Crippen molar-refractivity contribution >= 4 is 17.4 Å². The summed E-state index contributed by atoms with van der Waals surface area (Å²) in [5, 5.41) is 10.5. The molecule has 2 rings (SSSR count). The number of aryl methyl sites for hydroxylation is 1. The first kappa shape index (κ1) is 18.6. The molecule has 0 radical (unpaired) electrons. The topological polar surface area (TPSA) is 72.3 Å². The number of carbonyl (C=O) groups is 1. The van der Waals surface area contributed by atoms with Crippen molar-refractivity contribution in [3.8, 4) is 0 Å². The van der Waals surface area contributed by atoms with Gasteiger partial charge in [0.1, 0.15) is 11.6 Å². The molecule has 6 heteroatoms. The molecule has 0 aliphatic heterocycles. The zero-order valence-electron chi connectivity index (χ0n) is 14.0. The summed E-state index contributed by atoms with van der Waals surface area (Å²) in [4.78, 5) is 21.3. The number of aliphatic hydroxyl groups is 1. The molecule has 1 heterocycles. The Kier molecular flexibility index (Phi) is 6.94. The molecule has 0 bridgehead atoms. The number of allylic oxidation sites excluding steroid dienone is 1. The van der Waals surface area contributed by atoms with E-state index in [1.54, 1.807) is 12.3 Å². The highest BCUT2D eigenvalue weighted by Crippen LogP contribution is 2.34. The fourth-order valence-corrected chi connectivity index (χ4v) is 2.98. The molecular formula is C18H23ClN2O3. The van der Waals surface area contributed by atoms with Crippen LogP contribution in [0.4, 0.5) is 0 Å². The molecule has 2 unspecified atom stereocenters. The summed E-state index contributed by atoms with van der Waals surface area (Å²) in [5.74, 6) is 0.412. The van der Waals surface area contributed by atoms with Crippen molar-refractivity contribution in [2.45, 2.75) is 51.6 Å². The van der Waals surface area contributed by atoms with E-state index in [0.29, 0.717) is 30.8 Å². The molecule has 130 valence electrons. The fraction of sp³-hybridized carbons (Fsp3) is 0.500. The molecule has 0 aromatic carbocycles. The normalized spacial score (nSPS) is 20.0. The molecule has 5 nitrogen and oxygen atoms in total. The van der Waals surface area contributed by atoms with Crippen LogP contribution in [0.1, 0.15) is 50.0 Å². The van der Waals surface area contributed by atoms with Crippen LogP contribution in [0.3, 0.4) is 0 Å². The Labute approximate surface area is 147 Å². The highest BCUT2D eigenvalue weighted by atomic mass is 35.5. The summed E-state index contributed by atoms with van der Waals surface area (Å²) < 4.78 is 5.72. The average Bonchev–Trinajstić information content (AvgIpc) is 2.54. The lowest BCUT2D eigenvalue weighted by molar-refractivity contribution is -0.118. The summed E-state index contributed by atoms with van der Waals surface area (Å²) >= 11 is 5.50. The van der Waals surface area contributed by atoms with Gasteiger partial charge < -0.3 is 9.84 Å². The Morgan fingerprint density at radius 2 is 2.29 bits per heavy atom. The monoisotopic (exact) mass is 350 g/mol. The van der Waals surface area contributed by atoms with Crippen molar-refractivity contribution in [3.05, 3.63) is 46.7 Å². The number of nitrogens with zero attached hydrogens (tertiary/aromatic N) is 2. The van der Waals surface area contributed by atoms with Gasteiger partial charge in [0.05, 0.1) is 18.3 Å². The summed E-state index contributed by atoms with van der Waals surface area (Å²) in [6.07, 6.45) is 5.11. The van der Waals surface area contributed by atoms with Crippen LogP contribution in [0.25, 0.3) is 0 Å². The third kappa shape index (κ3) is 4.65. The van der Waals surface area contributed by atoms with Crippen molar-refractivity contribution in [1.29, 1.82) is 0 Å². The van der Waals surface area contributed by atoms with E-state index in [0.717, 1.165) is 12.1 Å². The predicted octanol–water partition coefficient (Wildman–Crippen LogP) is 3.98. The van der Waals surface area contributed by atoms with Gasteiger partial charge in [0, 0.05) is 36.2 Å². The van der Waals surface area contributed by atoms with Crippen LogP contribution in [0, 0.1) is 6.92 Å². The third-order valence-electron chi connectivity index (χ3n) is 4.02. The van der Waals surface area contributed by atoms with Gasteiger partial charge in [0.25, 0.3) is 0 Å². The minimum Gasteiger partial charge on any atom is -0.512 e. The maximum absolute atomic E-state index is 12.6. The molecule has 1 aliphatic rings. The van der Waals surface area contributed by atoms with Gasteiger partial charge >= 0.3 is 0 Å². The first-order valence-electron chi connectivity index (χ1n) is 8.18. The van der Waals surface area contributed by atoms with Crippen molar-refractivity contribution in [2.24, 2.45) is 0 Å². The van der Waals surface area contributed by atoms with Gasteiger partial charge in [-0.2, -0.15) is 0 Å². The lowest BCUT2D eigenvalue weighted by Crippen LogP contribution is -2.29. The SMILES string of the molecule is CCCC(OC/C=C/Cl)C1=C(O)CC(c2nccc(C)n2)CC1=O. The van der Waals surface area contributed by atoms with E-state index in [9.17, 15) is 9.90 Å². The number of halogens is 1. The Morgan fingerprint density at radius 1 is 1.50 bits per heavy atom. The molecule has 0 saturated heterocycles. The van der Waals surface area contributed by atoms with Crippen molar-refractivity contribution in [1.82, 2.24) is 9.97 Å². The molecule has 0 amide bonds. The summed E-state index contributed by atoms with van der Waals surface area (Å²) in [7, 11) is 0. The molecule has 1 N–H and O–H groups in total. The minimum absolute atomic E-state index is 0.0923. The van der Waals surface area contributed by atoms with Gasteiger partial charge in [-0.3, -0.25) is 4.79 Å². The molecule has 1 aliphatic carbocycles. The van der Waals surface area contributed by atoms with E-state index >= 15 is 0 Å². The Morgan fingerprint density at radius 3 is 2.92 bits per heavy atom. The van der Waals surface area contributed by atoms with Crippen LogP contribution in [0.15, 0.2) is 35.2 Å². The molecule has 24 heavy (non-hydrogen) atoms. The highest BCUT2D eigenvalue weighted by Gasteiger charge is 2.34. The number of ketones is 1. The summed E-state index contributed by atoms with van der Waals surface area (Å²) in [5.41, 5.74) is 2.62. The van der Waals surface area contributed by atoms with Crippen LogP contribution in [-0.4, -0.2) is 33.6 Å². The van der Waals surface area contributed by atoms with E-state index in [1.807, 2.05) is 19.9 Å². The van der Waals surface area contributed by atoms with E-state index < -0.39 is 6.10 Å². The first-order valence-corrected chi connectivity index (χ1v) is 8.62. The number of ether oxygens (including phenoxy) is 1. The third-order valence-corrected chi connectivity index (χ3v) is 4.20. The van der Waals surface area contributed by atoms with Crippen LogP contribution >= 0.6 is 11.6 Å². The minimum atomic E-state index is -0.408. The Bertz CT molecular complexity index is 643. The first-order chi connectivity index (χ1) is 11.6. The summed E-state index contributed by atoms with van der Waals surface area (Å²) in [6, 6.07) is 1.81. The van der Waals surface area contributed by atoms with Gasteiger partial charge in [-0.05, 0) is 25.5 Å². The van der Waals surface area contributed by atoms with Gasteiger partial charge in [0.15, 0.2) is 5.78 Å². The maximum atomic E-state index is 12.6. The van der Waals surface area contributed by atoms with Crippen LogP contribution in [0.5, 0.6) is 0 Å². The predicted molar refractivity (Wildman–Crippen MR) is 93.0 cm³/mol. The Hall–Kier alpha value is -1.72. The zero-order chi connectivity index (χ0) is 17.5. The second-order valence-electron chi connectivity index (χ2n) is 5.92. The molecule has 1 aromatic heterocycles. The number of hydrogen-bond acceptors (Lipinski definition) is 5. The van der Waals surface area contributed by atoms with Crippen molar-refractivity contribution in [2.75, 3.05) is 6.61 Å². The molecule has 0 saturated carbocycles. The number of aromatic nitrogens is 2. The van der Waals surface area contributed by atoms with Crippen molar-refractivity contribution < 1.29 is 14.6 Å². The van der Waals surface area contributed by atoms with Crippen molar-refractivity contribution in [3.63, 3.8) is 0 Å². The number of rotatable bonds is 7. The fourth-order valence-electron chi connectivity index (χ4n) is 2.90. The number of carbonyl (C=O) groups excluding carboxylic acids is 1. The lowest BCUT2D eigenvalue weighted by atomic mass is 9.83. The standard InChI is InChI=1S/C18H23ClN2O3/c1-3-5-16(24-9-4-7-19)17-14(22)10-13(11-15(17)23)18-20-8-6-12(2)21-18/h4,6-8,13,16,22H,3,5,9-11H2,1-2H3/b7-4+. The Balaban J connectivity index is 2.20. The second-order valence-corrected chi connectivity index (χ2v) is 6.17. The quantitative estimate of drug-likeness (QED) is 0.805. The average molecular weight is 351 g/mol. The van der Waals surface area contributed by atoms with Gasteiger partial charge in [-0.1, -0.05) is 24.9 Å². The number of Topliss-reactive ketones (excluding diaryl/α,β-unsaturated/α-hetero) is 1. The number of hydrogen-bond donors (Lipinski definition) is 1. The van der Waals surface area contributed by atoms with E-state index in [4.69, 9.17) is 16.3 Å². The van der Waals surface area contributed by atoms with E-state index in [1.165, 1.54) is 5.54 Å². The zero-order valence-corrected chi connectivity index (χ0v) is 14.8. The summed E-state index contributed by atoms with van der Waals surface area (Å²) in [6.45, 7) is 4.21. The second kappa shape index (κ2) is 8.94. The van der Waals surface area contributed by atoms with E-state index in [2.05, 4.69) is 9.97 Å². The van der Waals surface area contributed by atoms with Gasteiger partial charge in [0.2, 0.25) is 0 Å². The van der Waals surface area contributed by atoms with Crippen LogP contribution < -0.4 is 0 Å². The molecule has 0 fully saturated rings. The van der Waals surface area contributed by atoms with Gasteiger partial charge in [-0.15, -0.1) is 0 Å². The molecule has 0 spiro atoms. The molecular weight excluding hydrogens is 328 g/mol. The number of aliphatic hydroxyl groups excluding tert-OH is 1. The van der Waals surface area contributed by atoms with Crippen LogP contribution in [0.2, 0.25) is 0 Å². The lowest BCUT2D eigenvalue weighted by Gasteiger charge is -2.27. The van der Waals surface area contributed by atoms with Crippen LogP contribution in [-0.2, 0) is 9.53 Å². The molecule has 1 aromatic rings. The largest absolute Gasteiger partial charge is 0.512 e. The molecule has 2 atom stereocenters. The maximum Gasteiger partial charge on any atom is 0.165 e. The smallest absolute Gasteiger partial charge is 0.165 e. The highest BCUT2D eigenvalue weighted by molar-refractivity contribution is 6.25.